The van der Waals surface area contributed by atoms with Crippen LogP contribution >= 0.6 is 0 Å². The number of likely N-dealkylation sites (N-methyl/N-ethyl adjacent to an activating group) is 1. The van der Waals surface area contributed by atoms with Crippen molar-refractivity contribution in [2.75, 3.05) is 25.5 Å². The summed E-state index contributed by atoms with van der Waals surface area (Å²) < 4.78 is 4.89. The predicted octanol–water partition coefficient (Wildman–Crippen LogP) is 0.949. The lowest BCUT2D eigenvalue weighted by Gasteiger charge is -2.08. The molecule has 0 radical (unpaired) electrons. The minimum atomic E-state index is -0.147. The maximum Gasteiger partial charge on any atom is 0.238 e. The number of hydrogen-bond acceptors (Lipinski definition) is 4. The van der Waals surface area contributed by atoms with Gasteiger partial charge in [0.05, 0.1) is 13.7 Å². The molecule has 0 aromatic heterocycles. The van der Waals surface area contributed by atoms with Crippen molar-refractivity contribution in [2.45, 2.75) is 6.92 Å². The van der Waals surface area contributed by atoms with Crippen LogP contribution < -0.4 is 15.4 Å². The second kappa shape index (κ2) is 5.97. The van der Waals surface area contributed by atoms with Crippen LogP contribution in [0, 0.1) is 0 Å². The number of hydrogen-bond donors (Lipinski definition) is 3. The van der Waals surface area contributed by atoms with E-state index < -0.39 is 0 Å². The second-order valence-electron chi connectivity index (χ2n) is 3.22. The minimum Gasteiger partial charge on any atom is -0.504 e. The number of benzene rings is 1. The lowest BCUT2D eigenvalue weighted by Crippen LogP contribution is -2.27. The number of phenols is 1. The Labute approximate surface area is 94.4 Å². The first-order valence-corrected chi connectivity index (χ1v) is 5.05. The Hall–Kier alpha value is -1.75. The third-order valence-corrected chi connectivity index (χ3v) is 2.00. The topological polar surface area (TPSA) is 70.6 Å². The molecule has 0 aliphatic heterocycles. The number of amides is 1. The molecule has 0 heterocycles. The van der Waals surface area contributed by atoms with E-state index in [1.165, 1.54) is 13.2 Å². The molecule has 5 nitrogen and oxygen atoms in total. The molecule has 88 valence electrons. The fourth-order valence-electron chi connectivity index (χ4n) is 1.21. The number of ether oxygens (including phenoxy) is 1. The lowest BCUT2D eigenvalue weighted by atomic mass is 10.2. The molecule has 0 bridgehead atoms. The van der Waals surface area contributed by atoms with Crippen LogP contribution in [0.5, 0.6) is 11.5 Å². The van der Waals surface area contributed by atoms with Gasteiger partial charge in [0.15, 0.2) is 11.5 Å². The van der Waals surface area contributed by atoms with Crippen LogP contribution in [-0.4, -0.2) is 31.2 Å². The summed E-state index contributed by atoms with van der Waals surface area (Å²) in [7, 11) is 1.47. The van der Waals surface area contributed by atoms with Crippen LogP contribution in [0.25, 0.3) is 0 Å². The number of anilines is 1. The molecule has 0 unspecified atom stereocenters. The van der Waals surface area contributed by atoms with Crippen LogP contribution in [0.3, 0.4) is 0 Å². The summed E-state index contributed by atoms with van der Waals surface area (Å²) in [5.74, 6) is 0.236. The molecule has 16 heavy (non-hydrogen) atoms. The molecule has 1 amide bonds. The van der Waals surface area contributed by atoms with Crippen molar-refractivity contribution in [3.05, 3.63) is 18.2 Å². The standard InChI is InChI=1S/C11H16N2O3/c1-3-12-7-11(15)13-8-4-5-10(16-2)9(14)6-8/h4-6,12,14H,3,7H2,1-2H3,(H,13,15). The zero-order chi connectivity index (χ0) is 12.0. The first-order chi connectivity index (χ1) is 7.67. The highest BCUT2D eigenvalue weighted by Gasteiger charge is 2.05. The Morgan fingerprint density at radius 3 is 2.81 bits per heavy atom. The Balaban J connectivity index is 2.61. The van der Waals surface area contributed by atoms with Gasteiger partial charge < -0.3 is 20.5 Å². The van der Waals surface area contributed by atoms with E-state index in [9.17, 15) is 9.90 Å². The summed E-state index contributed by atoms with van der Waals surface area (Å²) in [6.07, 6.45) is 0. The number of carbonyl (C=O) groups excluding carboxylic acids is 1. The highest BCUT2D eigenvalue weighted by Crippen LogP contribution is 2.28. The van der Waals surface area contributed by atoms with Gasteiger partial charge in [-0.2, -0.15) is 0 Å². The quantitative estimate of drug-likeness (QED) is 0.696. The van der Waals surface area contributed by atoms with E-state index in [-0.39, 0.29) is 18.2 Å². The number of nitrogens with one attached hydrogen (secondary N) is 2. The van der Waals surface area contributed by atoms with Gasteiger partial charge >= 0.3 is 0 Å². The molecule has 0 saturated heterocycles. The summed E-state index contributed by atoms with van der Waals surface area (Å²) >= 11 is 0. The lowest BCUT2D eigenvalue weighted by molar-refractivity contribution is -0.115. The number of aromatic hydroxyl groups is 1. The average molecular weight is 224 g/mol. The van der Waals surface area contributed by atoms with Crippen LogP contribution in [0.15, 0.2) is 18.2 Å². The largest absolute Gasteiger partial charge is 0.504 e. The summed E-state index contributed by atoms with van der Waals surface area (Å²) in [5, 5.41) is 15.0. The molecular weight excluding hydrogens is 208 g/mol. The first kappa shape index (κ1) is 12.3. The maximum absolute atomic E-state index is 11.4. The van der Waals surface area contributed by atoms with E-state index in [0.717, 1.165) is 6.54 Å². The van der Waals surface area contributed by atoms with E-state index in [1.807, 2.05) is 6.92 Å². The highest BCUT2D eigenvalue weighted by molar-refractivity contribution is 5.92. The maximum atomic E-state index is 11.4. The van der Waals surface area contributed by atoms with E-state index in [2.05, 4.69) is 10.6 Å². The summed E-state index contributed by atoms with van der Waals surface area (Å²) in [5.41, 5.74) is 0.543. The van der Waals surface area contributed by atoms with Crippen molar-refractivity contribution in [3.8, 4) is 11.5 Å². The molecule has 1 rings (SSSR count). The molecule has 1 aromatic carbocycles. The monoisotopic (exact) mass is 224 g/mol. The van der Waals surface area contributed by atoms with Crippen molar-refractivity contribution in [3.63, 3.8) is 0 Å². The molecule has 5 heteroatoms. The predicted molar refractivity (Wildman–Crippen MR) is 61.8 cm³/mol. The van der Waals surface area contributed by atoms with Crippen molar-refractivity contribution < 1.29 is 14.6 Å². The number of rotatable bonds is 5. The smallest absolute Gasteiger partial charge is 0.238 e. The zero-order valence-corrected chi connectivity index (χ0v) is 9.41. The number of phenolic OH excluding ortho intramolecular Hbond substituents is 1. The van der Waals surface area contributed by atoms with Crippen molar-refractivity contribution in [1.82, 2.24) is 5.32 Å². The Kier molecular flexibility index (Phi) is 4.60. The summed E-state index contributed by atoms with van der Waals surface area (Å²) in [4.78, 5) is 11.4. The molecular formula is C11H16N2O3. The summed E-state index contributed by atoms with van der Waals surface area (Å²) in [6, 6.07) is 4.71. The molecule has 0 spiro atoms. The van der Waals surface area contributed by atoms with Gasteiger partial charge in [0.1, 0.15) is 0 Å². The second-order valence-corrected chi connectivity index (χ2v) is 3.22. The first-order valence-electron chi connectivity index (χ1n) is 5.05. The van der Waals surface area contributed by atoms with Gasteiger partial charge in [0.2, 0.25) is 5.91 Å². The van der Waals surface area contributed by atoms with Crippen molar-refractivity contribution in [1.29, 1.82) is 0 Å². The molecule has 3 N–H and O–H groups in total. The highest BCUT2D eigenvalue weighted by atomic mass is 16.5. The molecule has 0 aliphatic rings. The minimum absolute atomic E-state index is 0.00347. The van der Waals surface area contributed by atoms with Crippen LogP contribution in [-0.2, 0) is 4.79 Å². The molecule has 0 aliphatic carbocycles. The van der Waals surface area contributed by atoms with Crippen LogP contribution in [0.4, 0.5) is 5.69 Å². The normalized spacial score (nSPS) is 9.88. The van der Waals surface area contributed by atoms with Gasteiger partial charge in [-0.15, -0.1) is 0 Å². The Bertz CT molecular complexity index is 366. The van der Waals surface area contributed by atoms with Crippen LogP contribution in [0.1, 0.15) is 6.92 Å². The number of carbonyl (C=O) groups is 1. The van der Waals surface area contributed by atoms with Gasteiger partial charge in [-0.25, -0.2) is 0 Å². The zero-order valence-electron chi connectivity index (χ0n) is 9.41. The van der Waals surface area contributed by atoms with Gasteiger partial charge in [-0.1, -0.05) is 6.92 Å². The fraction of sp³-hybridized carbons (Fsp3) is 0.364. The van der Waals surface area contributed by atoms with Gasteiger partial charge in [-0.05, 0) is 18.7 Å². The molecule has 1 aromatic rings. The van der Waals surface area contributed by atoms with Crippen molar-refractivity contribution >= 4 is 11.6 Å². The van der Waals surface area contributed by atoms with E-state index >= 15 is 0 Å². The van der Waals surface area contributed by atoms with E-state index in [1.54, 1.807) is 12.1 Å². The third-order valence-electron chi connectivity index (χ3n) is 2.00. The summed E-state index contributed by atoms with van der Waals surface area (Å²) in [6.45, 7) is 2.91. The Morgan fingerprint density at radius 1 is 1.50 bits per heavy atom. The van der Waals surface area contributed by atoms with Gasteiger partial charge in [0, 0.05) is 11.8 Å². The fourth-order valence-corrected chi connectivity index (χ4v) is 1.21. The Morgan fingerprint density at radius 2 is 2.25 bits per heavy atom. The number of methoxy groups -OCH3 is 1. The van der Waals surface area contributed by atoms with E-state index in [4.69, 9.17) is 4.74 Å². The van der Waals surface area contributed by atoms with E-state index in [0.29, 0.717) is 11.4 Å². The molecule has 0 fully saturated rings. The van der Waals surface area contributed by atoms with Crippen molar-refractivity contribution in [2.24, 2.45) is 0 Å². The SMILES string of the molecule is CCNCC(=O)Nc1ccc(OC)c(O)c1. The van der Waals surface area contributed by atoms with Crippen LogP contribution in [0.2, 0.25) is 0 Å². The van der Waals surface area contributed by atoms with Gasteiger partial charge in [0.25, 0.3) is 0 Å². The molecule has 0 atom stereocenters. The molecule has 0 saturated carbocycles. The van der Waals surface area contributed by atoms with Gasteiger partial charge in [-0.3, -0.25) is 4.79 Å². The third kappa shape index (κ3) is 3.43. The average Bonchev–Trinajstić information content (AvgIpc) is 2.26.